The fourth-order valence-electron chi connectivity index (χ4n) is 5.45. The van der Waals surface area contributed by atoms with Crippen LogP contribution < -0.4 is 21.1 Å². The number of benzene rings is 4. The van der Waals surface area contributed by atoms with E-state index in [2.05, 4.69) is 81.8 Å². The lowest BCUT2D eigenvalue weighted by molar-refractivity contribution is 0.487. The predicted molar refractivity (Wildman–Crippen MR) is 121 cm³/mol. The van der Waals surface area contributed by atoms with Crippen LogP contribution in [0.15, 0.2) is 84.9 Å². The van der Waals surface area contributed by atoms with Crippen LogP contribution in [0.5, 0.6) is 11.5 Å². The van der Waals surface area contributed by atoms with Crippen LogP contribution in [0.25, 0.3) is 33.5 Å². The molecule has 0 unspecified atom stereocenters. The highest BCUT2D eigenvalue weighted by molar-refractivity contribution is 6.99. The molecule has 0 atom stereocenters. The summed E-state index contributed by atoms with van der Waals surface area (Å²) in [7, 11) is 0. The van der Waals surface area contributed by atoms with Crippen molar-refractivity contribution < 1.29 is 4.74 Å². The molecule has 8 rings (SSSR count). The van der Waals surface area contributed by atoms with Gasteiger partial charge in [0.05, 0.1) is 22.1 Å². The Labute approximate surface area is 172 Å². The van der Waals surface area contributed by atoms with E-state index in [9.17, 15) is 0 Å². The molecule has 2 aliphatic rings. The zero-order valence-corrected chi connectivity index (χ0v) is 15.9. The third kappa shape index (κ3) is 1.57. The molecule has 0 bridgehead atoms. The van der Waals surface area contributed by atoms with Gasteiger partial charge in [-0.05, 0) is 52.8 Å². The van der Waals surface area contributed by atoms with Gasteiger partial charge < -0.3 is 4.74 Å². The maximum absolute atomic E-state index is 6.34. The molecular weight excluding hydrogens is 369 g/mol. The number of hydrogen-bond donors (Lipinski definition) is 0. The van der Waals surface area contributed by atoms with Crippen molar-refractivity contribution in [2.45, 2.75) is 0 Å². The topological polar surface area (TPSA) is 31.5 Å². The normalized spacial score (nSPS) is 13.5. The second-order valence-corrected chi connectivity index (χ2v) is 8.05. The summed E-state index contributed by atoms with van der Waals surface area (Å²) in [4.78, 5) is 5.03. The molecule has 4 heterocycles. The summed E-state index contributed by atoms with van der Waals surface area (Å²) in [6.45, 7) is 0.156. The van der Waals surface area contributed by atoms with Gasteiger partial charge in [0.25, 0.3) is 6.71 Å². The zero-order chi connectivity index (χ0) is 19.4. The van der Waals surface area contributed by atoms with E-state index >= 15 is 0 Å². The fraction of sp³-hybridized carbons (Fsp3) is 0. The molecule has 4 aromatic carbocycles. The Morgan fingerprint density at radius 1 is 0.700 bits per heavy atom. The van der Waals surface area contributed by atoms with E-state index in [0.29, 0.717) is 0 Å². The van der Waals surface area contributed by atoms with Crippen molar-refractivity contribution in [2.24, 2.45) is 0 Å². The molecule has 0 spiro atoms. The monoisotopic (exact) mass is 383 g/mol. The molecule has 0 N–H and O–H groups in total. The van der Waals surface area contributed by atoms with Crippen molar-refractivity contribution in [1.29, 1.82) is 0 Å². The van der Waals surface area contributed by atoms with E-state index in [1.165, 1.54) is 27.4 Å². The third-order valence-corrected chi connectivity index (χ3v) is 6.59. The van der Waals surface area contributed by atoms with Crippen LogP contribution in [0.3, 0.4) is 0 Å². The van der Waals surface area contributed by atoms with Crippen molar-refractivity contribution in [3.63, 3.8) is 0 Å². The quantitative estimate of drug-likeness (QED) is 0.376. The van der Waals surface area contributed by atoms with Gasteiger partial charge >= 0.3 is 0 Å². The summed E-state index contributed by atoms with van der Waals surface area (Å²) < 4.78 is 10.9. The molecule has 0 aliphatic carbocycles. The van der Waals surface area contributed by atoms with Crippen LogP contribution in [0, 0.1) is 0 Å². The molecular formula is C25H14BN3O. The molecule has 0 saturated heterocycles. The number of imidazole rings is 2. The van der Waals surface area contributed by atoms with Crippen LogP contribution in [-0.4, -0.2) is 20.7 Å². The number of rotatable bonds is 0. The minimum Gasteiger partial charge on any atom is -0.458 e. The number of fused-ring (bicyclic) bond motifs is 9. The average Bonchev–Trinajstić information content (AvgIpc) is 3.32. The molecule has 5 heteroatoms. The number of para-hydroxylation sites is 4. The van der Waals surface area contributed by atoms with Crippen molar-refractivity contribution >= 4 is 50.9 Å². The molecule has 0 radical (unpaired) electrons. The molecule has 0 amide bonds. The number of nitrogens with zero attached hydrogens (tertiary/aromatic N) is 3. The minimum absolute atomic E-state index is 0.156. The first-order chi connectivity index (χ1) is 14.9. The van der Waals surface area contributed by atoms with E-state index in [0.717, 1.165) is 34.0 Å². The Kier molecular flexibility index (Phi) is 2.46. The third-order valence-electron chi connectivity index (χ3n) is 6.59. The first kappa shape index (κ1) is 14.9. The van der Waals surface area contributed by atoms with Gasteiger partial charge in [0, 0.05) is 5.69 Å². The molecule has 30 heavy (non-hydrogen) atoms. The highest BCUT2D eigenvalue weighted by Gasteiger charge is 2.40. The minimum atomic E-state index is 0.156. The first-order valence-corrected chi connectivity index (χ1v) is 10.2. The second kappa shape index (κ2) is 4.94. The van der Waals surface area contributed by atoms with Gasteiger partial charge in [-0.15, -0.1) is 0 Å². The summed E-state index contributed by atoms with van der Waals surface area (Å²) in [6.07, 6.45) is 0. The number of aromatic nitrogens is 3. The highest BCUT2D eigenvalue weighted by Crippen LogP contribution is 2.34. The molecule has 2 aromatic heterocycles. The highest BCUT2D eigenvalue weighted by atomic mass is 16.5. The van der Waals surface area contributed by atoms with E-state index < -0.39 is 0 Å². The summed E-state index contributed by atoms with van der Waals surface area (Å²) in [5.41, 5.74) is 9.47. The predicted octanol–water partition coefficient (Wildman–Crippen LogP) is 3.37. The van der Waals surface area contributed by atoms with Gasteiger partial charge in [-0.25, -0.2) is 4.98 Å². The first-order valence-electron chi connectivity index (χ1n) is 10.2. The Balaban J connectivity index is 1.64. The summed E-state index contributed by atoms with van der Waals surface area (Å²) in [5.74, 6) is 2.82. The van der Waals surface area contributed by atoms with Gasteiger partial charge in [-0.1, -0.05) is 48.5 Å². The lowest BCUT2D eigenvalue weighted by Crippen LogP contribution is -2.58. The van der Waals surface area contributed by atoms with Gasteiger partial charge in [0.2, 0.25) is 5.78 Å². The lowest BCUT2D eigenvalue weighted by atomic mass is 9.34. The summed E-state index contributed by atoms with van der Waals surface area (Å²) in [6, 6.07) is 29.7. The molecule has 6 aromatic rings. The average molecular weight is 383 g/mol. The van der Waals surface area contributed by atoms with Gasteiger partial charge in [0.1, 0.15) is 11.5 Å². The van der Waals surface area contributed by atoms with E-state index in [-0.39, 0.29) is 6.71 Å². The van der Waals surface area contributed by atoms with Crippen LogP contribution >= 0.6 is 0 Å². The largest absolute Gasteiger partial charge is 0.458 e. The molecule has 0 saturated carbocycles. The Bertz CT molecular complexity index is 1690. The zero-order valence-electron chi connectivity index (χ0n) is 15.9. The van der Waals surface area contributed by atoms with Crippen LogP contribution in [0.1, 0.15) is 0 Å². The number of hydrogen-bond acceptors (Lipinski definition) is 2. The van der Waals surface area contributed by atoms with Gasteiger partial charge in [0.15, 0.2) is 0 Å². The summed E-state index contributed by atoms with van der Waals surface area (Å²) in [5, 5.41) is 0. The molecule has 2 aliphatic heterocycles. The van der Waals surface area contributed by atoms with Crippen molar-refractivity contribution in [1.82, 2.24) is 14.0 Å². The van der Waals surface area contributed by atoms with Gasteiger partial charge in [-0.3, -0.25) is 8.97 Å². The standard InChI is InChI=1S/C25H14BN3O/c1-4-13-21-15(7-1)26-16-8-5-12-20-24(16)29(19-11-6-14-22(30-21)23(19)26)25-27-17-9-2-3-10-18(17)28(20)25/h1-14H. The summed E-state index contributed by atoms with van der Waals surface area (Å²) >= 11 is 0. The Hall–Kier alpha value is -3.99. The Morgan fingerprint density at radius 3 is 2.47 bits per heavy atom. The fourth-order valence-corrected chi connectivity index (χ4v) is 5.45. The lowest BCUT2D eigenvalue weighted by Gasteiger charge is -2.32. The maximum Gasteiger partial charge on any atom is 0.256 e. The van der Waals surface area contributed by atoms with Crippen molar-refractivity contribution in [2.75, 3.05) is 0 Å². The smallest absolute Gasteiger partial charge is 0.256 e. The van der Waals surface area contributed by atoms with Crippen LogP contribution in [-0.2, 0) is 0 Å². The van der Waals surface area contributed by atoms with Gasteiger partial charge in [-0.2, -0.15) is 0 Å². The number of ether oxygens (including phenoxy) is 1. The molecule has 4 nitrogen and oxygen atoms in total. The Morgan fingerprint density at radius 2 is 1.47 bits per heavy atom. The van der Waals surface area contributed by atoms with E-state index in [4.69, 9.17) is 9.72 Å². The van der Waals surface area contributed by atoms with E-state index in [1.807, 2.05) is 12.1 Å². The second-order valence-electron chi connectivity index (χ2n) is 8.05. The van der Waals surface area contributed by atoms with Crippen LogP contribution in [0.4, 0.5) is 0 Å². The SMILES string of the molecule is c1ccc2c(c1)Oc1cccc3c1B2c1cccc2c1n-3c1nc3ccccc3n21. The molecule has 0 fully saturated rings. The molecule has 138 valence electrons. The van der Waals surface area contributed by atoms with Crippen molar-refractivity contribution in [3.05, 3.63) is 84.9 Å². The van der Waals surface area contributed by atoms with Crippen LogP contribution in [0.2, 0.25) is 0 Å². The maximum atomic E-state index is 6.34. The van der Waals surface area contributed by atoms with Crippen molar-refractivity contribution in [3.8, 4) is 17.2 Å². The van der Waals surface area contributed by atoms with E-state index in [1.54, 1.807) is 0 Å².